The molecule has 1 fully saturated rings. The maximum atomic E-state index is 5.54. The fraction of sp³-hybridized carbons (Fsp3) is 0.818. The first-order valence-corrected chi connectivity index (χ1v) is 6.71. The highest BCUT2D eigenvalue weighted by atomic mass is 32.1. The number of hydrogen-bond acceptors (Lipinski definition) is 5. The Bertz CT molecular complexity index is 330. The number of aryl methyl sites for hydroxylation is 1. The Balaban J connectivity index is 1.84. The molecule has 0 atom stereocenters. The molecule has 0 spiro atoms. The van der Waals surface area contributed by atoms with Gasteiger partial charge in [0.2, 0.25) is 5.13 Å². The number of methoxy groups -OCH3 is 1. The molecule has 0 amide bonds. The molecule has 1 heterocycles. The third kappa shape index (κ3) is 2.52. The predicted molar refractivity (Wildman–Crippen MR) is 66.0 cm³/mol. The predicted octanol–water partition coefficient (Wildman–Crippen LogP) is 2.47. The largest absolute Gasteiger partial charge is 0.376 e. The highest BCUT2D eigenvalue weighted by molar-refractivity contribution is 7.15. The van der Waals surface area contributed by atoms with Gasteiger partial charge in [0.1, 0.15) is 5.01 Å². The van der Waals surface area contributed by atoms with Crippen LogP contribution in [0.25, 0.3) is 0 Å². The van der Waals surface area contributed by atoms with E-state index in [2.05, 4.69) is 22.4 Å². The van der Waals surface area contributed by atoms with Crippen LogP contribution in [0.3, 0.4) is 0 Å². The summed E-state index contributed by atoms with van der Waals surface area (Å²) < 4.78 is 5.54. The van der Waals surface area contributed by atoms with E-state index in [0.29, 0.717) is 0 Å². The topological polar surface area (TPSA) is 47.0 Å². The van der Waals surface area contributed by atoms with Crippen LogP contribution in [0.1, 0.15) is 37.6 Å². The molecule has 0 aliphatic heterocycles. The van der Waals surface area contributed by atoms with Gasteiger partial charge in [-0.2, -0.15) is 0 Å². The number of rotatable bonds is 6. The van der Waals surface area contributed by atoms with E-state index in [9.17, 15) is 0 Å². The molecule has 1 aliphatic carbocycles. The molecule has 0 aromatic carbocycles. The Hall–Kier alpha value is -0.680. The van der Waals surface area contributed by atoms with Crippen molar-refractivity contribution in [1.29, 1.82) is 0 Å². The number of anilines is 1. The number of ether oxygens (including phenoxy) is 1. The summed E-state index contributed by atoms with van der Waals surface area (Å²) in [6, 6.07) is 0. The first-order chi connectivity index (χ1) is 7.78. The van der Waals surface area contributed by atoms with Gasteiger partial charge in [-0.25, -0.2) is 0 Å². The van der Waals surface area contributed by atoms with E-state index in [-0.39, 0.29) is 5.60 Å². The lowest BCUT2D eigenvalue weighted by Crippen LogP contribution is -2.45. The molecular weight excluding hydrogens is 222 g/mol. The van der Waals surface area contributed by atoms with Crippen molar-refractivity contribution in [3.63, 3.8) is 0 Å². The normalized spacial score (nSPS) is 18.1. The number of aromatic nitrogens is 2. The second-order valence-corrected chi connectivity index (χ2v) is 5.41. The maximum absolute atomic E-state index is 5.54. The first-order valence-electron chi connectivity index (χ1n) is 5.89. The third-order valence-corrected chi connectivity index (χ3v) is 4.13. The van der Waals surface area contributed by atoms with E-state index in [1.807, 2.05) is 0 Å². The molecule has 1 aromatic heterocycles. The van der Waals surface area contributed by atoms with E-state index in [0.717, 1.165) is 42.4 Å². The molecular formula is C11H19N3OS. The van der Waals surface area contributed by atoms with Gasteiger partial charge in [0.25, 0.3) is 0 Å². The molecule has 90 valence electrons. The van der Waals surface area contributed by atoms with Gasteiger partial charge in [-0.3, -0.25) is 0 Å². The minimum Gasteiger partial charge on any atom is -0.376 e. The van der Waals surface area contributed by atoms with Crippen molar-refractivity contribution in [2.75, 3.05) is 19.0 Å². The Kier molecular flexibility index (Phi) is 3.76. The number of hydrogen-bond donors (Lipinski definition) is 1. The van der Waals surface area contributed by atoms with Gasteiger partial charge in [0.15, 0.2) is 0 Å². The lowest BCUT2D eigenvalue weighted by atomic mass is 9.80. The molecule has 5 heteroatoms. The van der Waals surface area contributed by atoms with Gasteiger partial charge in [-0.1, -0.05) is 18.3 Å². The van der Waals surface area contributed by atoms with Crippen molar-refractivity contribution in [3.8, 4) is 0 Å². The van der Waals surface area contributed by atoms with Gasteiger partial charge in [-0.15, -0.1) is 10.2 Å². The quantitative estimate of drug-likeness (QED) is 0.831. The summed E-state index contributed by atoms with van der Waals surface area (Å²) in [5.41, 5.74) is 0.0522. The van der Waals surface area contributed by atoms with E-state index in [4.69, 9.17) is 4.74 Å². The van der Waals surface area contributed by atoms with Crippen LogP contribution in [0, 0.1) is 0 Å². The summed E-state index contributed by atoms with van der Waals surface area (Å²) >= 11 is 1.65. The zero-order valence-corrected chi connectivity index (χ0v) is 10.8. The van der Waals surface area contributed by atoms with Crippen LogP contribution in [0.2, 0.25) is 0 Å². The van der Waals surface area contributed by atoms with Crippen LogP contribution in [-0.4, -0.2) is 29.5 Å². The second kappa shape index (κ2) is 5.10. The molecule has 0 radical (unpaired) electrons. The average molecular weight is 241 g/mol. The number of nitrogens with zero attached hydrogens (tertiary/aromatic N) is 2. The molecule has 0 bridgehead atoms. The van der Waals surface area contributed by atoms with E-state index < -0.39 is 0 Å². The highest BCUT2D eigenvalue weighted by Gasteiger charge is 2.36. The summed E-state index contributed by atoms with van der Waals surface area (Å²) in [5.74, 6) is 0. The van der Waals surface area contributed by atoms with Crippen molar-refractivity contribution in [2.24, 2.45) is 0 Å². The zero-order valence-electron chi connectivity index (χ0n) is 9.95. The van der Waals surface area contributed by atoms with Crippen molar-refractivity contribution < 1.29 is 4.74 Å². The summed E-state index contributed by atoms with van der Waals surface area (Å²) in [7, 11) is 1.80. The molecule has 1 aliphatic rings. The van der Waals surface area contributed by atoms with Crippen LogP contribution in [0.5, 0.6) is 0 Å². The molecule has 0 saturated heterocycles. The zero-order chi connectivity index (χ0) is 11.4. The van der Waals surface area contributed by atoms with Gasteiger partial charge in [0.05, 0.1) is 5.60 Å². The van der Waals surface area contributed by atoms with Gasteiger partial charge < -0.3 is 10.1 Å². The summed E-state index contributed by atoms with van der Waals surface area (Å²) in [4.78, 5) is 0. The Morgan fingerprint density at radius 3 is 2.81 bits per heavy atom. The number of nitrogens with one attached hydrogen (secondary N) is 1. The molecule has 1 N–H and O–H groups in total. The van der Waals surface area contributed by atoms with Crippen LogP contribution < -0.4 is 5.32 Å². The summed E-state index contributed by atoms with van der Waals surface area (Å²) in [6.07, 6.45) is 5.71. The van der Waals surface area contributed by atoms with Crippen LogP contribution in [0.4, 0.5) is 5.13 Å². The molecule has 0 unspecified atom stereocenters. The molecule has 2 rings (SSSR count). The van der Waals surface area contributed by atoms with E-state index >= 15 is 0 Å². The molecule has 1 saturated carbocycles. The van der Waals surface area contributed by atoms with Crippen molar-refractivity contribution in [1.82, 2.24) is 10.2 Å². The lowest BCUT2D eigenvalue weighted by molar-refractivity contribution is -0.0601. The highest BCUT2D eigenvalue weighted by Crippen LogP contribution is 2.35. The summed E-state index contributed by atoms with van der Waals surface area (Å²) in [6.45, 7) is 3.01. The Morgan fingerprint density at radius 2 is 2.25 bits per heavy atom. The smallest absolute Gasteiger partial charge is 0.205 e. The van der Waals surface area contributed by atoms with Gasteiger partial charge >= 0.3 is 0 Å². The summed E-state index contributed by atoms with van der Waals surface area (Å²) in [5, 5.41) is 13.6. The Morgan fingerprint density at radius 1 is 1.44 bits per heavy atom. The monoisotopic (exact) mass is 241 g/mol. The van der Waals surface area contributed by atoms with Gasteiger partial charge in [0, 0.05) is 20.1 Å². The second-order valence-electron chi connectivity index (χ2n) is 4.35. The van der Waals surface area contributed by atoms with E-state index in [1.165, 1.54) is 6.42 Å². The standard InChI is InChI=1S/C11H19N3OS/c1-3-5-9-13-14-10(16-9)12-8-11(15-2)6-4-7-11/h3-8H2,1-2H3,(H,12,14). The Labute approximate surface area is 100 Å². The third-order valence-electron chi connectivity index (χ3n) is 3.19. The molecule has 16 heavy (non-hydrogen) atoms. The van der Waals surface area contributed by atoms with E-state index in [1.54, 1.807) is 18.4 Å². The minimum atomic E-state index is 0.0522. The van der Waals surface area contributed by atoms with Crippen LogP contribution in [0.15, 0.2) is 0 Å². The van der Waals surface area contributed by atoms with Crippen LogP contribution in [-0.2, 0) is 11.2 Å². The first kappa shape index (κ1) is 11.8. The van der Waals surface area contributed by atoms with Crippen molar-refractivity contribution in [3.05, 3.63) is 5.01 Å². The minimum absolute atomic E-state index is 0.0522. The molecule has 4 nitrogen and oxygen atoms in total. The van der Waals surface area contributed by atoms with Crippen molar-refractivity contribution >= 4 is 16.5 Å². The fourth-order valence-corrected chi connectivity index (χ4v) is 2.74. The van der Waals surface area contributed by atoms with Crippen molar-refractivity contribution in [2.45, 2.75) is 44.6 Å². The van der Waals surface area contributed by atoms with Gasteiger partial charge in [-0.05, 0) is 25.7 Å². The SMILES string of the molecule is CCCc1nnc(NCC2(OC)CCC2)s1. The average Bonchev–Trinajstić information content (AvgIpc) is 2.66. The molecule has 1 aromatic rings. The maximum Gasteiger partial charge on any atom is 0.205 e. The van der Waals surface area contributed by atoms with Crippen LogP contribution >= 0.6 is 11.3 Å². The lowest BCUT2D eigenvalue weighted by Gasteiger charge is -2.40. The fourth-order valence-electron chi connectivity index (χ4n) is 1.90.